The molecular weight excluding hydrogens is 308 g/mol. The lowest BCUT2D eigenvalue weighted by molar-refractivity contribution is -0.139. The second kappa shape index (κ2) is 8.12. The predicted molar refractivity (Wildman–Crippen MR) is 90.9 cm³/mol. The Morgan fingerprint density at radius 3 is 2.17 bits per heavy atom. The summed E-state index contributed by atoms with van der Waals surface area (Å²) in [5.41, 5.74) is 7.74. The van der Waals surface area contributed by atoms with Crippen molar-refractivity contribution in [3.63, 3.8) is 0 Å². The monoisotopic (exact) mass is 328 g/mol. The van der Waals surface area contributed by atoms with Gasteiger partial charge in [-0.2, -0.15) is 0 Å². The maximum atomic E-state index is 11.6. The normalized spacial score (nSPS) is 13.0. The van der Waals surface area contributed by atoms with Gasteiger partial charge in [0.2, 0.25) is 0 Å². The fraction of sp³-hybridized carbons (Fsp3) is 0.222. The second-order valence-corrected chi connectivity index (χ2v) is 5.53. The van der Waals surface area contributed by atoms with Crippen LogP contribution in [0.2, 0.25) is 0 Å². The van der Waals surface area contributed by atoms with E-state index in [-0.39, 0.29) is 6.42 Å². The van der Waals surface area contributed by atoms with Gasteiger partial charge in [-0.1, -0.05) is 48.5 Å². The smallest absolute Gasteiger partial charge is 0.326 e. The van der Waals surface area contributed by atoms with Gasteiger partial charge in [0.05, 0.1) is 0 Å². The van der Waals surface area contributed by atoms with Gasteiger partial charge in [0.25, 0.3) is 0 Å². The summed E-state index contributed by atoms with van der Waals surface area (Å²) in [5, 5.41) is 21.4. The van der Waals surface area contributed by atoms with E-state index in [0.29, 0.717) is 17.7 Å². The van der Waals surface area contributed by atoms with Gasteiger partial charge in [-0.15, -0.1) is 0 Å². The minimum atomic E-state index is -1.09. The van der Waals surface area contributed by atoms with Crippen LogP contribution in [0, 0.1) is 0 Å². The Kier molecular flexibility index (Phi) is 5.92. The molecule has 6 heteroatoms. The van der Waals surface area contributed by atoms with E-state index >= 15 is 0 Å². The maximum absolute atomic E-state index is 11.6. The van der Waals surface area contributed by atoms with Gasteiger partial charge in [0.15, 0.2) is 0 Å². The molecular formula is C18H20N2O4. The molecule has 24 heavy (non-hydrogen) atoms. The Labute approximate surface area is 139 Å². The maximum Gasteiger partial charge on any atom is 0.326 e. The van der Waals surface area contributed by atoms with E-state index in [0.717, 1.165) is 5.56 Å². The van der Waals surface area contributed by atoms with Crippen LogP contribution < -0.4 is 11.1 Å². The van der Waals surface area contributed by atoms with Crippen molar-refractivity contribution in [2.24, 2.45) is 5.73 Å². The molecule has 2 aromatic carbocycles. The first kappa shape index (κ1) is 17.5. The molecule has 0 heterocycles. The third-order valence-corrected chi connectivity index (χ3v) is 3.68. The highest BCUT2D eigenvalue weighted by molar-refractivity contribution is 5.78. The fourth-order valence-corrected chi connectivity index (χ4v) is 2.40. The molecule has 5 N–H and O–H groups in total. The lowest BCUT2D eigenvalue weighted by Crippen LogP contribution is -2.34. The molecule has 0 saturated heterocycles. The number of nitrogens with one attached hydrogen (secondary N) is 1. The number of hydrogen-bond acceptors (Lipinski definition) is 4. The summed E-state index contributed by atoms with van der Waals surface area (Å²) in [4.78, 5) is 22.5. The van der Waals surface area contributed by atoms with E-state index in [4.69, 9.17) is 10.8 Å². The molecule has 126 valence electrons. The van der Waals surface area contributed by atoms with E-state index in [1.54, 1.807) is 24.3 Å². The number of nitrogens with two attached hydrogens (primary N) is 1. The van der Waals surface area contributed by atoms with Crippen LogP contribution in [-0.2, 0) is 22.4 Å². The summed E-state index contributed by atoms with van der Waals surface area (Å²) in [5.74, 6) is -2.07. The number of carboxylic acids is 2. The number of aliphatic carboxylic acids is 2. The first-order chi connectivity index (χ1) is 11.5. The van der Waals surface area contributed by atoms with Crippen molar-refractivity contribution in [3.8, 4) is 0 Å². The van der Waals surface area contributed by atoms with Crippen LogP contribution in [0.1, 0.15) is 11.1 Å². The average Bonchev–Trinajstić information content (AvgIpc) is 2.56. The van der Waals surface area contributed by atoms with Crippen molar-refractivity contribution in [2.45, 2.75) is 24.9 Å². The van der Waals surface area contributed by atoms with Crippen molar-refractivity contribution >= 4 is 17.6 Å². The van der Waals surface area contributed by atoms with Crippen LogP contribution in [0.25, 0.3) is 0 Å². The average molecular weight is 328 g/mol. The van der Waals surface area contributed by atoms with Crippen LogP contribution in [0.3, 0.4) is 0 Å². The number of benzene rings is 2. The number of carbonyl (C=O) groups is 2. The topological polar surface area (TPSA) is 113 Å². The molecule has 0 amide bonds. The minimum Gasteiger partial charge on any atom is -0.480 e. The van der Waals surface area contributed by atoms with Crippen LogP contribution in [0.4, 0.5) is 5.69 Å². The van der Waals surface area contributed by atoms with Crippen molar-refractivity contribution in [1.82, 2.24) is 0 Å². The van der Waals surface area contributed by atoms with E-state index in [1.807, 2.05) is 30.3 Å². The lowest BCUT2D eigenvalue weighted by atomic mass is 10.0. The Morgan fingerprint density at radius 1 is 0.917 bits per heavy atom. The first-order valence-electron chi connectivity index (χ1n) is 7.57. The molecule has 0 aliphatic rings. The number of hydrogen-bond donors (Lipinski definition) is 4. The zero-order valence-corrected chi connectivity index (χ0v) is 13.1. The third-order valence-electron chi connectivity index (χ3n) is 3.68. The molecule has 0 spiro atoms. The highest BCUT2D eigenvalue weighted by Gasteiger charge is 2.20. The van der Waals surface area contributed by atoms with Gasteiger partial charge in [-0.25, -0.2) is 4.79 Å². The Bertz CT molecular complexity index is 703. The standard InChI is InChI=1S/C18H20N2O4/c19-14(17(21)22)11-13-8-4-5-9-15(13)20-16(18(23)24)10-12-6-2-1-3-7-12/h1-9,14,16,20H,10-11,19H2,(H,21,22)(H,23,24)/t14-,16-/m0/s1. The summed E-state index contributed by atoms with van der Waals surface area (Å²) in [7, 11) is 0. The van der Waals surface area contributed by atoms with Crippen LogP contribution in [-0.4, -0.2) is 34.2 Å². The molecule has 2 atom stereocenters. The first-order valence-corrected chi connectivity index (χ1v) is 7.57. The number of carboxylic acid groups (broad SMARTS) is 2. The number of anilines is 1. The summed E-state index contributed by atoms with van der Waals surface area (Å²) in [6.45, 7) is 0. The second-order valence-electron chi connectivity index (χ2n) is 5.53. The molecule has 0 unspecified atom stereocenters. The zero-order valence-electron chi connectivity index (χ0n) is 13.1. The van der Waals surface area contributed by atoms with Crippen molar-refractivity contribution < 1.29 is 19.8 Å². The number of para-hydroxylation sites is 1. The molecule has 0 radical (unpaired) electrons. The van der Waals surface area contributed by atoms with Gasteiger partial charge in [-0.3, -0.25) is 4.79 Å². The molecule has 0 bridgehead atoms. The van der Waals surface area contributed by atoms with Crippen molar-refractivity contribution in [2.75, 3.05) is 5.32 Å². The van der Waals surface area contributed by atoms with Crippen LogP contribution in [0.5, 0.6) is 0 Å². The van der Waals surface area contributed by atoms with Gasteiger partial charge in [0.1, 0.15) is 12.1 Å². The van der Waals surface area contributed by atoms with Gasteiger partial charge in [-0.05, 0) is 17.2 Å². The molecule has 0 aliphatic carbocycles. The molecule has 0 fully saturated rings. The summed E-state index contributed by atoms with van der Waals surface area (Å²) in [6, 6.07) is 14.4. The third kappa shape index (κ3) is 4.82. The fourth-order valence-electron chi connectivity index (χ4n) is 2.40. The summed E-state index contributed by atoms with van der Waals surface area (Å²) in [6.07, 6.45) is 0.436. The Balaban J connectivity index is 2.17. The predicted octanol–water partition coefficient (Wildman–Crippen LogP) is 1.75. The largest absolute Gasteiger partial charge is 0.480 e. The molecule has 2 rings (SSSR count). The van der Waals surface area contributed by atoms with Crippen molar-refractivity contribution in [1.29, 1.82) is 0 Å². The summed E-state index contributed by atoms with van der Waals surface area (Å²) >= 11 is 0. The minimum absolute atomic E-state index is 0.121. The molecule has 0 aliphatic heterocycles. The SMILES string of the molecule is N[C@@H](Cc1ccccc1N[C@@H](Cc1ccccc1)C(=O)O)C(=O)O. The van der Waals surface area contributed by atoms with Gasteiger partial charge in [0, 0.05) is 18.5 Å². The van der Waals surface area contributed by atoms with E-state index in [1.165, 1.54) is 0 Å². The van der Waals surface area contributed by atoms with Crippen LogP contribution >= 0.6 is 0 Å². The molecule has 6 nitrogen and oxygen atoms in total. The van der Waals surface area contributed by atoms with Crippen LogP contribution in [0.15, 0.2) is 54.6 Å². The summed E-state index contributed by atoms with van der Waals surface area (Å²) < 4.78 is 0. The number of rotatable bonds is 8. The lowest BCUT2D eigenvalue weighted by Gasteiger charge is -2.19. The zero-order chi connectivity index (χ0) is 17.5. The van der Waals surface area contributed by atoms with Gasteiger partial charge < -0.3 is 21.3 Å². The quantitative estimate of drug-likeness (QED) is 0.587. The highest BCUT2D eigenvalue weighted by atomic mass is 16.4. The van der Waals surface area contributed by atoms with Gasteiger partial charge >= 0.3 is 11.9 Å². The Hall–Kier alpha value is -2.86. The molecule has 0 aromatic heterocycles. The van der Waals surface area contributed by atoms with Crippen molar-refractivity contribution in [3.05, 3.63) is 65.7 Å². The molecule has 0 saturated carbocycles. The van der Waals surface area contributed by atoms with E-state index in [2.05, 4.69) is 5.32 Å². The Morgan fingerprint density at radius 2 is 1.54 bits per heavy atom. The highest BCUT2D eigenvalue weighted by Crippen LogP contribution is 2.19. The molecule has 2 aromatic rings. The van der Waals surface area contributed by atoms with E-state index < -0.39 is 24.0 Å². The van der Waals surface area contributed by atoms with E-state index in [9.17, 15) is 14.7 Å².